The Morgan fingerprint density at radius 2 is 1.92 bits per heavy atom. The van der Waals surface area contributed by atoms with E-state index < -0.39 is 5.79 Å². The molecule has 2 N–H and O–H groups in total. The monoisotopic (exact) mass is 164 g/mol. The lowest BCUT2D eigenvalue weighted by Gasteiger charge is -2.18. The van der Waals surface area contributed by atoms with Crippen LogP contribution in [-0.2, 0) is 5.79 Å². The van der Waals surface area contributed by atoms with E-state index in [0.717, 1.165) is 5.56 Å². The Morgan fingerprint density at radius 1 is 1.33 bits per heavy atom. The zero-order valence-electron chi connectivity index (χ0n) is 6.99. The van der Waals surface area contributed by atoms with Gasteiger partial charge in [0.15, 0.2) is 5.79 Å². The maximum Gasteiger partial charge on any atom is 0.187 e. The first-order chi connectivity index (χ1) is 5.55. The highest BCUT2D eigenvalue weighted by atomic mass is 16.5. The molecule has 0 spiro atoms. The van der Waals surface area contributed by atoms with Gasteiger partial charge in [-0.1, -0.05) is 36.9 Å². The van der Waals surface area contributed by atoms with Gasteiger partial charge < -0.3 is 10.2 Å². The summed E-state index contributed by atoms with van der Waals surface area (Å²) in [6.45, 7) is 4.91. The molecule has 0 radical (unpaired) electrons. The fraction of sp³-hybridized carbons (Fsp3) is 0.200. The highest BCUT2D eigenvalue weighted by Crippen LogP contribution is 2.21. The molecule has 12 heavy (non-hydrogen) atoms. The summed E-state index contributed by atoms with van der Waals surface area (Å²) in [7, 11) is 0. The maximum atomic E-state index is 9.31. The largest absolute Gasteiger partial charge is 0.362 e. The summed E-state index contributed by atoms with van der Waals surface area (Å²) < 4.78 is 0. The molecule has 1 aromatic carbocycles. The Bertz CT molecular complexity index is 284. The minimum atomic E-state index is -1.79. The molecule has 1 aromatic rings. The molecule has 0 fully saturated rings. The Morgan fingerprint density at radius 3 is 2.33 bits per heavy atom. The summed E-state index contributed by atoms with van der Waals surface area (Å²) in [6.07, 6.45) is 1.60. The summed E-state index contributed by atoms with van der Waals surface area (Å²) in [6, 6.07) is 7.03. The zero-order valence-corrected chi connectivity index (χ0v) is 6.99. The van der Waals surface area contributed by atoms with Gasteiger partial charge in [-0.05, 0) is 12.5 Å². The third-order valence-corrected chi connectivity index (χ3v) is 1.69. The van der Waals surface area contributed by atoms with Gasteiger partial charge >= 0.3 is 0 Å². The van der Waals surface area contributed by atoms with Crippen molar-refractivity contribution in [1.82, 2.24) is 0 Å². The summed E-state index contributed by atoms with van der Waals surface area (Å²) in [4.78, 5) is 0. The fourth-order valence-electron chi connectivity index (χ4n) is 1.11. The van der Waals surface area contributed by atoms with Crippen LogP contribution in [0.2, 0.25) is 0 Å². The number of rotatable bonds is 2. The van der Waals surface area contributed by atoms with E-state index in [1.807, 2.05) is 6.07 Å². The molecular formula is C10H12O2. The average Bonchev–Trinajstić information content (AvgIpc) is 2.03. The van der Waals surface area contributed by atoms with E-state index in [-0.39, 0.29) is 0 Å². The second-order valence-electron chi connectivity index (χ2n) is 2.81. The van der Waals surface area contributed by atoms with Crippen LogP contribution in [0.4, 0.5) is 0 Å². The van der Waals surface area contributed by atoms with Gasteiger partial charge in [-0.2, -0.15) is 0 Å². The van der Waals surface area contributed by atoms with Crippen molar-refractivity contribution >= 4 is 6.08 Å². The van der Waals surface area contributed by atoms with E-state index in [2.05, 4.69) is 6.58 Å². The molecule has 1 rings (SSSR count). The van der Waals surface area contributed by atoms with Gasteiger partial charge in [0.2, 0.25) is 0 Å². The molecule has 0 heterocycles. The molecule has 0 bridgehead atoms. The van der Waals surface area contributed by atoms with Crippen molar-refractivity contribution in [2.75, 3.05) is 0 Å². The van der Waals surface area contributed by atoms with Crippen molar-refractivity contribution in [3.63, 3.8) is 0 Å². The molecule has 0 aliphatic heterocycles. The number of aliphatic hydroxyl groups is 2. The van der Waals surface area contributed by atoms with Crippen LogP contribution in [0.1, 0.15) is 18.1 Å². The second-order valence-corrected chi connectivity index (χ2v) is 2.81. The van der Waals surface area contributed by atoms with Gasteiger partial charge in [-0.25, -0.2) is 0 Å². The van der Waals surface area contributed by atoms with Gasteiger partial charge in [0, 0.05) is 5.56 Å². The molecule has 0 aliphatic carbocycles. The summed E-state index contributed by atoms with van der Waals surface area (Å²) >= 11 is 0. The minimum absolute atomic E-state index is 0.472. The lowest BCUT2D eigenvalue weighted by molar-refractivity contribution is -0.152. The Labute approximate surface area is 71.8 Å². The Balaban J connectivity index is 3.23. The van der Waals surface area contributed by atoms with Crippen molar-refractivity contribution in [2.45, 2.75) is 12.7 Å². The summed E-state index contributed by atoms with van der Waals surface area (Å²) in [5, 5.41) is 18.6. The molecule has 0 atom stereocenters. The Hall–Kier alpha value is -1.12. The second kappa shape index (κ2) is 3.09. The average molecular weight is 164 g/mol. The lowest BCUT2D eigenvalue weighted by Crippen LogP contribution is -2.20. The van der Waals surface area contributed by atoms with E-state index in [1.54, 1.807) is 24.3 Å². The van der Waals surface area contributed by atoms with Gasteiger partial charge in [-0.15, -0.1) is 0 Å². The molecule has 0 amide bonds. The predicted molar refractivity (Wildman–Crippen MR) is 48.3 cm³/mol. The van der Waals surface area contributed by atoms with Crippen LogP contribution in [0.5, 0.6) is 0 Å². The third kappa shape index (κ3) is 1.72. The molecule has 0 aromatic heterocycles. The number of hydrogen-bond acceptors (Lipinski definition) is 2. The van der Waals surface area contributed by atoms with E-state index in [1.165, 1.54) is 6.92 Å². The van der Waals surface area contributed by atoms with Crippen molar-refractivity contribution < 1.29 is 10.2 Å². The van der Waals surface area contributed by atoms with Gasteiger partial charge in [0.1, 0.15) is 0 Å². The van der Waals surface area contributed by atoms with Crippen molar-refractivity contribution in [2.24, 2.45) is 0 Å². The highest BCUT2D eigenvalue weighted by Gasteiger charge is 2.20. The minimum Gasteiger partial charge on any atom is -0.362 e. The standard InChI is InChI=1S/C10H12O2/c1-3-8-6-4-5-7-9(8)10(2,11)12/h3-7,11-12H,1H2,2H3. The summed E-state index contributed by atoms with van der Waals surface area (Å²) in [5.41, 5.74) is 1.21. The van der Waals surface area contributed by atoms with E-state index in [0.29, 0.717) is 5.56 Å². The number of benzene rings is 1. The van der Waals surface area contributed by atoms with Crippen molar-refractivity contribution in [3.05, 3.63) is 42.0 Å². The third-order valence-electron chi connectivity index (χ3n) is 1.69. The van der Waals surface area contributed by atoms with Crippen LogP contribution in [0.25, 0.3) is 6.08 Å². The highest BCUT2D eigenvalue weighted by molar-refractivity contribution is 5.52. The molecule has 2 heteroatoms. The smallest absolute Gasteiger partial charge is 0.187 e. The summed E-state index contributed by atoms with van der Waals surface area (Å²) in [5.74, 6) is -1.79. The Kier molecular flexibility index (Phi) is 2.31. The first-order valence-electron chi connectivity index (χ1n) is 3.72. The molecule has 0 unspecified atom stereocenters. The van der Waals surface area contributed by atoms with Crippen molar-refractivity contribution in [3.8, 4) is 0 Å². The van der Waals surface area contributed by atoms with Crippen LogP contribution >= 0.6 is 0 Å². The zero-order chi connectivity index (χ0) is 9.19. The topological polar surface area (TPSA) is 40.5 Å². The molecule has 0 saturated carbocycles. The molecule has 0 aliphatic rings. The maximum absolute atomic E-state index is 9.31. The first-order valence-corrected chi connectivity index (χ1v) is 3.72. The van der Waals surface area contributed by atoms with E-state index >= 15 is 0 Å². The first kappa shape index (κ1) is 8.97. The molecular weight excluding hydrogens is 152 g/mol. The quantitative estimate of drug-likeness (QED) is 0.650. The van der Waals surface area contributed by atoms with Crippen molar-refractivity contribution in [1.29, 1.82) is 0 Å². The predicted octanol–water partition coefficient (Wildman–Crippen LogP) is 1.49. The number of hydrogen-bond donors (Lipinski definition) is 2. The van der Waals surface area contributed by atoms with Gasteiger partial charge in [0.05, 0.1) is 0 Å². The molecule has 2 nitrogen and oxygen atoms in total. The van der Waals surface area contributed by atoms with Crippen LogP contribution in [0.15, 0.2) is 30.8 Å². The normalized spacial score (nSPS) is 11.2. The lowest BCUT2D eigenvalue weighted by atomic mass is 10.0. The fourth-order valence-corrected chi connectivity index (χ4v) is 1.11. The molecule has 64 valence electrons. The van der Waals surface area contributed by atoms with Gasteiger partial charge in [-0.3, -0.25) is 0 Å². The van der Waals surface area contributed by atoms with E-state index in [9.17, 15) is 10.2 Å². The van der Waals surface area contributed by atoms with Crippen LogP contribution < -0.4 is 0 Å². The molecule has 0 saturated heterocycles. The van der Waals surface area contributed by atoms with Crippen LogP contribution in [0.3, 0.4) is 0 Å². The van der Waals surface area contributed by atoms with Gasteiger partial charge in [0.25, 0.3) is 0 Å². The SMILES string of the molecule is C=Cc1ccccc1C(C)(O)O. The van der Waals surface area contributed by atoms with Crippen LogP contribution in [-0.4, -0.2) is 10.2 Å². The van der Waals surface area contributed by atoms with E-state index in [4.69, 9.17) is 0 Å². The van der Waals surface area contributed by atoms with Crippen LogP contribution in [0, 0.1) is 0 Å².